The molecular weight excluding hydrogens is 264 g/mol. The number of hydrogen-bond donors (Lipinski definition) is 0. The van der Waals surface area contributed by atoms with Gasteiger partial charge < -0.3 is 0 Å². The van der Waals surface area contributed by atoms with Gasteiger partial charge in [0, 0.05) is 0 Å². The lowest BCUT2D eigenvalue weighted by Gasteiger charge is -2.40. The van der Waals surface area contributed by atoms with E-state index < -0.39 is 8.32 Å². The lowest BCUT2D eigenvalue weighted by atomic mass is 10.2. The van der Waals surface area contributed by atoms with Gasteiger partial charge in [-0.3, -0.25) is 9.46 Å². The molecule has 0 amide bonds. The van der Waals surface area contributed by atoms with Gasteiger partial charge in [0.2, 0.25) is 0 Å². The van der Waals surface area contributed by atoms with E-state index in [1.807, 2.05) is 12.1 Å². The average Bonchev–Trinajstić information content (AvgIpc) is 2.45. The van der Waals surface area contributed by atoms with E-state index in [-0.39, 0.29) is 5.04 Å². The van der Waals surface area contributed by atoms with E-state index in [9.17, 15) is 0 Å². The van der Waals surface area contributed by atoms with Crippen LogP contribution in [0.3, 0.4) is 0 Å². The summed E-state index contributed by atoms with van der Waals surface area (Å²) in [5.41, 5.74) is 0. The van der Waals surface area contributed by atoms with Crippen molar-refractivity contribution in [1.29, 1.82) is 0 Å². The second-order valence-corrected chi connectivity index (χ2v) is 10.1. The van der Waals surface area contributed by atoms with Gasteiger partial charge in [-0.25, -0.2) is 0 Å². The molecule has 0 saturated carbocycles. The maximum Gasteiger partial charge on any atom is 0.305 e. The van der Waals surface area contributed by atoms with Gasteiger partial charge in [0.15, 0.2) is 0 Å². The summed E-state index contributed by atoms with van der Waals surface area (Å²) in [6.45, 7) is 6.66. The molecule has 0 atom stereocenters. The first-order chi connectivity index (χ1) is 9.52. The van der Waals surface area contributed by atoms with Gasteiger partial charge in [-0.2, -0.15) is 0 Å². The highest BCUT2D eigenvalue weighted by Crippen LogP contribution is 2.36. The van der Waals surface area contributed by atoms with E-state index in [2.05, 4.69) is 69.3 Å². The Kier molecular flexibility index (Phi) is 4.43. The van der Waals surface area contributed by atoms with E-state index in [1.165, 1.54) is 10.4 Å². The fourth-order valence-corrected chi connectivity index (χ4v) is 6.81. The molecule has 0 aromatic heterocycles. The monoisotopic (exact) mass is 286 g/mol. The van der Waals surface area contributed by atoms with Crippen molar-refractivity contribution < 1.29 is 9.46 Å². The van der Waals surface area contributed by atoms with E-state index in [0.717, 1.165) is 0 Å². The van der Waals surface area contributed by atoms with Gasteiger partial charge in [0.25, 0.3) is 0 Å². The van der Waals surface area contributed by atoms with Crippen LogP contribution in [0.1, 0.15) is 20.8 Å². The molecule has 0 aliphatic rings. The van der Waals surface area contributed by atoms with Crippen molar-refractivity contribution in [2.75, 3.05) is 7.11 Å². The van der Waals surface area contributed by atoms with Gasteiger partial charge in [0.1, 0.15) is 0 Å². The maximum absolute atomic E-state index is 6.01. The molecule has 2 aromatic carbocycles. The standard InChI is InChI=1S/C17H22O2Si/c1-17(2,3)20(19-18-4,15-11-7-5-8-12-15)16-13-9-6-10-14-16/h5-14H,1-4H3. The third-order valence-corrected chi connectivity index (χ3v) is 8.45. The Bertz CT molecular complexity index is 492. The Hall–Kier alpha value is -1.42. The third-order valence-electron chi connectivity index (χ3n) is 3.63. The molecule has 0 bridgehead atoms. The molecule has 0 aliphatic carbocycles. The van der Waals surface area contributed by atoms with Crippen LogP contribution >= 0.6 is 0 Å². The summed E-state index contributed by atoms with van der Waals surface area (Å²) in [7, 11) is -0.875. The predicted molar refractivity (Wildman–Crippen MR) is 85.7 cm³/mol. The largest absolute Gasteiger partial charge is 0.305 e. The number of hydrogen-bond acceptors (Lipinski definition) is 2. The Morgan fingerprint density at radius 3 is 1.45 bits per heavy atom. The quantitative estimate of drug-likeness (QED) is 0.488. The van der Waals surface area contributed by atoms with Gasteiger partial charge in [-0.1, -0.05) is 81.4 Å². The van der Waals surface area contributed by atoms with E-state index in [0.29, 0.717) is 0 Å². The molecule has 20 heavy (non-hydrogen) atoms. The van der Waals surface area contributed by atoms with Crippen molar-refractivity contribution in [2.45, 2.75) is 25.8 Å². The first-order valence-electron chi connectivity index (χ1n) is 6.85. The molecule has 0 N–H and O–H groups in total. The zero-order valence-electron chi connectivity index (χ0n) is 12.6. The minimum atomic E-state index is -2.47. The van der Waals surface area contributed by atoms with Crippen LogP contribution in [-0.2, 0) is 9.46 Å². The highest BCUT2D eigenvalue weighted by atomic mass is 28.4. The fourth-order valence-electron chi connectivity index (χ4n) is 2.72. The SMILES string of the molecule is COO[Si](c1ccccc1)(c1ccccc1)C(C)(C)C. The van der Waals surface area contributed by atoms with Gasteiger partial charge in [-0.05, 0) is 15.4 Å². The molecule has 0 saturated heterocycles. The molecule has 2 aromatic rings. The Morgan fingerprint density at radius 2 is 1.15 bits per heavy atom. The third kappa shape index (κ3) is 2.57. The fraction of sp³-hybridized carbons (Fsp3) is 0.294. The molecule has 0 aliphatic heterocycles. The molecule has 106 valence electrons. The zero-order chi connectivity index (χ0) is 14.6. The Morgan fingerprint density at radius 1 is 0.750 bits per heavy atom. The Balaban J connectivity index is 2.70. The van der Waals surface area contributed by atoms with Crippen molar-refractivity contribution >= 4 is 18.7 Å². The van der Waals surface area contributed by atoms with Crippen LogP contribution in [-0.4, -0.2) is 15.4 Å². The van der Waals surface area contributed by atoms with Gasteiger partial charge in [0.05, 0.1) is 7.11 Å². The van der Waals surface area contributed by atoms with E-state index >= 15 is 0 Å². The molecule has 0 unspecified atom stereocenters. The van der Waals surface area contributed by atoms with Crippen LogP contribution in [0, 0.1) is 0 Å². The molecule has 3 heteroatoms. The van der Waals surface area contributed by atoms with Crippen LogP contribution < -0.4 is 10.4 Å². The van der Waals surface area contributed by atoms with Crippen molar-refractivity contribution in [3.05, 3.63) is 60.7 Å². The maximum atomic E-state index is 6.01. The molecular formula is C17H22O2Si. The molecule has 0 fully saturated rings. The van der Waals surface area contributed by atoms with Crippen LogP contribution in [0.25, 0.3) is 0 Å². The highest BCUT2D eigenvalue weighted by molar-refractivity contribution is 6.99. The minimum Gasteiger partial charge on any atom is -0.275 e. The summed E-state index contributed by atoms with van der Waals surface area (Å²) in [6.07, 6.45) is 0. The lowest BCUT2D eigenvalue weighted by molar-refractivity contribution is -0.190. The average molecular weight is 286 g/mol. The topological polar surface area (TPSA) is 18.5 Å². The molecule has 0 heterocycles. The lowest BCUT2D eigenvalue weighted by Crippen LogP contribution is -2.66. The Labute approximate surface area is 122 Å². The van der Waals surface area contributed by atoms with Crippen molar-refractivity contribution in [3.63, 3.8) is 0 Å². The second kappa shape index (κ2) is 5.91. The van der Waals surface area contributed by atoms with Crippen molar-refractivity contribution in [1.82, 2.24) is 0 Å². The molecule has 0 spiro atoms. The first-order valence-corrected chi connectivity index (χ1v) is 8.76. The zero-order valence-corrected chi connectivity index (χ0v) is 13.6. The van der Waals surface area contributed by atoms with Gasteiger partial charge in [-0.15, -0.1) is 0 Å². The van der Waals surface area contributed by atoms with E-state index in [4.69, 9.17) is 9.46 Å². The minimum absolute atomic E-state index is 0.0360. The summed E-state index contributed by atoms with van der Waals surface area (Å²) in [5, 5.41) is 2.41. The highest BCUT2D eigenvalue weighted by Gasteiger charge is 2.51. The normalized spacial score (nSPS) is 12.4. The van der Waals surface area contributed by atoms with Crippen LogP contribution in [0.2, 0.25) is 5.04 Å². The van der Waals surface area contributed by atoms with E-state index in [1.54, 1.807) is 7.11 Å². The van der Waals surface area contributed by atoms with Crippen molar-refractivity contribution in [3.8, 4) is 0 Å². The smallest absolute Gasteiger partial charge is 0.275 e. The first kappa shape index (κ1) is 15.0. The summed E-state index contributed by atoms with van der Waals surface area (Å²) in [6, 6.07) is 20.9. The summed E-state index contributed by atoms with van der Waals surface area (Å²) < 4.78 is 6.01. The van der Waals surface area contributed by atoms with Crippen LogP contribution in [0.15, 0.2) is 60.7 Å². The molecule has 0 radical (unpaired) electrons. The van der Waals surface area contributed by atoms with Gasteiger partial charge >= 0.3 is 8.32 Å². The number of benzene rings is 2. The molecule has 2 rings (SSSR count). The predicted octanol–water partition coefficient (Wildman–Crippen LogP) is 3.12. The number of rotatable bonds is 4. The summed E-state index contributed by atoms with van der Waals surface area (Å²) in [4.78, 5) is 5.20. The van der Waals surface area contributed by atoms with Crippen molar-refractivity contribution in [2.24, 2.45) is 0 Å². The van der Waals surface area contributed by atoms with Crippen LogP contribution in [0.4, 0.5) is 0 Å². The molecule has 2 nitrogen and oxygen atoms in total. The van der Waals surface area contributed by atoms with Crippen LogP contribution in [0.5, 0.6) is 0 Å². The summed E-state index contributed by atoms with van der Waals surface area (Å²) in [5.74, 6) is 0. The summed E-state index contributed by atoms with van der Waals surface area (Å²) >= 11 is 0. The second-order valence-electron chi connectivity index (χ2n) is 5.91.